The fourth-order valence-electron chi connectivity index (χ4n) is 2.87. The molecule has 1 fully saturated rings. The summed E-state index contributed by atoms with van der Waals surface area (Å²) in [6.45, 7) is 0.639. The van der Waals surface area contributed by atoms with Crippen LogP contribution in [0.1, 0.15) is 24.8 Å². The lowest BCUT2D eigenvalue weighted by atomic mass is 10.1. The Morgan fingerprint density at radius 1 is 0.963 bits per heavy atom. The van der Waals surface area contributed by atoms with Gasteiger partial charge in [-0.2, -0.15) is 13.2 Å². The Hall–Kier alpha value is -3.03. The molecule has 3 amide bonds. The van der Waals surface area contributed by atoms with E-state index in [0.717, 1.165) is 25.0 Å². The minimum atomic E-state index is -4.42. The first kappa shape index (κ1) is 18.8. The van der Waals surface area contributed by atoms with Crippen LogP contribution in [0.25, 0.3) is 0 Å². The number of anilines is 3. The monoisotopic (exact) mass is 377 g/mol. The van der Waals surface area contributed by atoms with Gasteiger partial charge in [0.05, 0.1) is 5.56 Å². The van der Waals surface area contributed by atoms with Crippen LogP contribution in [-0.4, -0.2) is 18.5 Å². The summed E-state index contributed by atoms with van der Waals surface area (Å²) in [5, 5.41) is 5.10. The first-order chi connectivity index (χ1) is 12.8. The van der Waals surface area contributed by atoms with Crippen molar-refractivity contribution in [2.45, 2.75) is 25.4 Å². The topological polar surface area (TPSA) is 61.4 Å². The van der Waals surface area contributed by atoms with Crippen LogP contribution in [-0.2, 0) is 11.0 Å². The second kappa shape index (κ2) is 7.69. The predicted molar refractivity (Wildman–Crippen MR) is 96.7 cm³/mol. The van der Waals surface area contributed by atoms with Crippen molar-refractivity contribution in [1.29, 1.82) is 0 Å². The molecule has 1 saturated heterocycles. The van der Waals surface area contributed by atoms with E-state index in [1.54, 1.807) is 29.2 Å². The molecule has 0 aliphatic carbocycles. The number of hydrogen-bond donors (Lipinski definition) is 2. The van der Waals surface area contributed by atoms with Gasteiger partial charge in [-0.25, -0.2) is 4.79 Å². The van der Waals surface area contributed by atoms with Crippen molar-refractivity contribution < 1.29 is 22.8 Å². The molecule has 1 aliphatic rings. The number of urea groups is 1. The van der Waals surface area contributed by atoms with Gasteiger partial charge in [-0.15, -0.1) is 0 Å². The molecule has 27 heavy (non-hydrogen) atoms. The molecular weight excluding hydrogens is 359 g/mol. The molecule has 142 valence electrons. The van der Waals surface area contributed by atoms with E-state index in [1.165, 1.54) is 12.1 Å². The number of nitrogens with zero attached hydrogens (tertiary/aromatic N) is 1. The van der Waals surface area contributed by atoms with Gasteiger partial charge in [-0.05, 0) is 55.3 Å². The van der Waals surface area contributed by atoms with E-state index in [2.05, 4.69) is 10.6 Å². The lowest BCUT2D eigenvalue weighted by molar-refractivity contribution is -0.137. The van der Waals surface area contributed by atoms with Crippen LogP contribution >= 0.6 is 0 Å². The van der Waals surface area contributed by atoms with Crippen LogP contribution in [0.2, 0.25) is 0 Å². The molecule has 1 heterocycles. The summed E-state index contributed by atoms with van der Waals surface area (Å²) in [5.41, 5.74) is 0.637. The van der Waals surface area contributed by atoms with Crippen molar-refractivity contribution in [3.8, 4) is 0 Å². The quantitative estimate of drug-likeness (QED) is 0.802. The van der Waals surface area contributed by atoms with Gasteiger partial charge in [-0.3, -0.25) is 4.79 Å². The maximum Gasteiger partial charge on any atom is 0.416 e. The number of halogens is 3. The molecule has 0 unspecified atom stereocenters. The zero-order valence-electron chi connectivity index (χ0n) is 14.3. The number of carbonyl (C=O) groups excluding carboxylic acids is 2. The number of piperidine rings is 1. The average molecular weight is 377 g/mol. The van der Waals surface area contributed by atoms with Crippen LogP contribution < -0.4 is 15.5 Å². The van der Waals surface area contributed by atoms with E-state index in [-0.39, 0.29) is 11.6 Å². The van der Waals surface area contributed by atoms with E-state index in [4.69, 9.17) is 0 Å². The van der Waals surface area contributed by atoms with Gasteiger partial charge in [0.1, 0.15) is 0 Å². The summed E-state index contributed by atoms with van der Waals surface area (Å²) in [6, 6.07) is 10.5. The van der Waals surface area contributed by atoms with Crippen molar-refractivity contribution in [2.75, 3.05) is 22.1 Å². The van der Waals surface area contributed by atoms with Gasteiger partial charge < -0.3 is 15.5 Å². The molecule has 2 N–H and O–H groups in total. The normalized spacial score (nSPS) is 14.8. The third kappa shape index (κ3) is 4.78. The number of amides is 3. The minimum Gasteiger partial charge on any atom is -0.312 e. The highest BCUT2D eigenvalue weighted by atomic mass is 19.4. The number of nitrogens with one attached hydrogen (secondary N) is 2. The first-order valence-electron chi connectivity index (χ1n) is 8.48. The lowest BCUT2D eigenvalue weighted by Crippen LogP contribution is -2.35. The van der Waals surface area contributed by atoms with Crippen LogP contribution in [0.3, 0.4) is 0 Å². The summed E-state index contributed by atoms with van der Waals surface area (Å²) in [7, 11) is 0. The van der Waals surface area contributed by atoms with Crippen molar-refractivity contribution in [3.63, 3.8) is 0 Å². The van der Waals surface area contributed by atoms with Crippen molar-refractivity contribution in [2.24, 2.45) is 0 Å². The Bertz CT molecular complexity index is 835. The van der Waals surface area contributed by atoms with Gasteiger partial charge >= 0.3 is 12.2 Å². The number of hydrogen-bond acceptors (Lipinski definition) is 2. The minimum absolute atomic E-state index is 0.0487. The van der Waals surface area contributed by atoms with E-state index in [9.17, 15) is 22.8 Å². The molecule has 3 rings (SSSR count). The van der Waals surface area contributed by atoms with Gasteiger partial charge in [-0.1, -0.05) is 6.07 Å². The Morgan fingerprint density at radius 2 is 1.67 bits per heavy atom. The second-order valence-corrected chi connectivity index (χ2v) is 6.21. The largest absolute Gasteiger partial charge is 0.416 e. The second-order valence-electron chi connectivity index (χ2n) is 6.21. The SMILES string of the molecule is O=C(Nc1ccc(C(F)(F)F)cc1)Nc1cccc(N2CCCCC2=O)c1. The Morgan fingerprint density at radius 3 is 2.33 bits per heavy atom. The van der Waals surface area contributed by atoms with Crippen LogP contribution in [0, 0.1) is 0 Å². The Labute approximate surface area is 154 Å². The summed E-state index contributed by atoms with van der Waals surface area (Å²) in [5.74, 6) is 0.0487. The maximum absolute atomic E-state index is 12.6. The summed E-state index contributed by atoms with van der Waals surface area (Å²) < 4.78 is 37.7. The molecule has 0 atom stereocenters. The highest BCUT2D eigenvalue weighted by Crippen LogP contribution is 2.30. The summed E-state index contributed by atoms with van der Waals surface area (Å²) in [6.07, 6.45) is -2.11. The summed E-state index contributed by atoms with van der Waals surface area (Å²) >= 11 is 0. The predicted octanol–water partition coefficient (Wildman–Crippen LogP) is 4.87. The number of carbonyl (C=O) groups is 2. The van der Waals surface area contributed by atoms with Gasteiger partial charge in [0.2, 0.25) is 5.91 Å². The van der Waals surface area contributed by atoms with Gasteiger partial charge in [0.25, 0.3) is 0 Å². The first-order valence-corrected chi connectivity index (χ1v) is 8.48. The lowest BCUT2D eigenvalue weighted by Gasteiger charge is -2.27. The molecule has 0 spiro atoms. The number of alkyl halides is 3. The van der Waals surface area contributed by atoms with E-state index >= 15 is 0 Å². The van der Waals surface area contributed by atoms with Gasteiger partial charge in [0.15, 0.2) is 0 Å². The zero-order valence-corrected chi connectivity index (χ0v) is 14.3. The molecule has 2 aromatic rings. The third-order valence-corrected chi connectivity index (χ3v) is 4.21. The fourth-order valence-corrected chi connectivity index (χ4v) is 2.87. The van der Waals surface area contributed by atoms with Crippen LogP contribution in [0.4, 0.5) is 35.0 Å². The van der Waals surface area contributed by atoms with Crippen molar-refractivity contribution >= 4 is 29.0 Å². The Kier molecular flexibility index (Phi) is 5.34. The number of rotatable bonds is 3. The highest BCUT2D eigenvalue weighted by molar-refractivity contribution is 6.00. The summed E-state index contributed by atoms with van der Waals surface area (Å²) in [4.78, 5) is 25.8. The number of benzene rings is 2. The average Bonchev–Trinajstić information content (AvgIpc) is 2.62. The van der Waals surface area contributed by atoms with Crippen molar-refractivity contribution in [1.82, 2.24) is 0 Å². The van der Waals surface area contributed by atoms with Crippen LogP contribution in [0.5, 0.6) is 0 Å². The van der Waals surface area contributed by atoms with E-state index in [0.29, 0.717) is 24.3 Å². The van der Waals surface area contributed by atoms with E-state index < -0.39 is 17.8 Å². The molecule has 0 saturated carbocycles. The molecule has 0 aromatic heterocycles. The molecule has 2 aromatic carbocycles. The molecule has 0 radical (unpaired) electrons. The Balaban J connectivity index is 1.64. The highest BCUT2D eigenvalue weighted by Gasteiger charge is 2.30. The maximum atomic E-state index is 12.6. The van der Waals surface area contributed by atoms with Crippen LogP contribution in [0.15, 0.2) is 48.5 Å². The molecule has 0 bridgehead atoms. The molecule has 5 nitrogen and oxygen atoms in total. The zero-order chi connectivity index (χ0) is 19.4. The smallest absolute Gasteiger partial charge is 0.312 e. The van der Waals surface area contributed by atoms with Crippen molar-refractivity contribution in [3.05, 3.63) is 54.1 Å². The van der Waals surface area contributed by atoms with Gasteiger partial charge in [0, 0.05) is 30.0 Å². The van der Waals surface area contributed by atoms with E-state index in [1.807, 2.05) is 0 Å². The third-order valence-electron chi connectivity index (χ3n) is 4.21. The molecular formula is C19H18F3N3O2. The standard InChI is InChI=1S/C19H18F3N3O2/c20-19(21,22)13-7-9-14(10-8-13)23-18(27)24-15-4-3-5-16(12-15)25-11-2-1-6-17(25)26/h3-5,7-10,12H,1-2,6,11H2,(H2,23,24,27). The molecule has 1 aliphatic heterocycles. The fraction of sp³-hybridized carbons (Fsp3) is 0.263. The molecule has 8 heteroatoms.